The second-order valence-corrected chi connectivity index (χ2v) is 9.07. The summed E-state index contributed by atoms with van der Waals surface area (Å²) in [5.74, 6) is -1.81. The van der Waals surface area contributed by atoms with Crippen molar-refractivity contribution >= 4 is 35.1 Å². The fourth-order valence-corrected chi connectivity index (χ4v) is 4.20. The summed E-state index contributed by atoms with van der Waals surface area (Å²) in [6.07, 6.45) is 3.69. The van der Waals surface area contributed by atoms with Crippen LogP contribution in [0, 0.1) is 6.92 Å². The van der Waals surface area contributed by atoms with E-state index in [-0.39, 0.29) is 23.9 Å². The van der Waals surface area contributed by atoms with Crippen molar-refractivity contribution in [2.45, 2.75) is 26.2 Å². The average Bonchev–Trinajstić information content (AvgIpc) is 3.46. The zero-order valence-electron chi connectivity index (χ0n) is 21.8. The summed E-state index contributed by atoms with van der Waals surface area (Å²) in [5, 5.41) is 38.3. The monoisotopic (exact) mass is 551 g/mol. The van der Waals surface area contributed by atoms with Crippen LogP contribution in [-0.2, 0) is 6.42 Å². The molecule has 1 aliphatic heterocycles. The van der Waals surface area contributed by atoms with Crippen molar-refractivity contribution in [2.75, 3.05) is 19.6 Å². The summed E-state index contributed by atoms with van der Waals surface area (Å²) in [7, 11) is 0. The van der Waals surface area contributed by atoms with E-state index < -0.39 is 11.9 Å². The second kappa shape index (κ2) is 15.4. The molecule has 0 amide bonds. The van der Waals surface area contributed by atoms with Gasteiger partial charge in [0, 0.05) is 12.1 Å². The van der Waals surface area contributed by atoms with Crippen molar-refractivity contribution in [1.82, 2.24) is 4.90 Å². The Morgan fingerprint density at radius 2 is 1.28 bits per heavy atom. The van der Waals surface area contributed by atoms with Crippen LogP contribution in [0.15, 0.2) is 84.9 Å². The number of rotatable bonds is 5. The van der Waals surface area contributed by atoms with Crippen LogP contribution in [0.5, 0.6) is 11.5 Å². The minimum absolute atomic E-state index is 0. The lowest BCUT2D eigenvalue weighted by Crippen LogP contribution is -2.21. The number of aromatic carboxylic acids is 2. The number of aryl methyl sites for hydroxylation is 1. The van der Waals surface area contributed by atoms with E-state index in [1.165, 1.54) is 31.5 Å². The molecule has 0 saturated carbocycles. The van der Waals surface area contributed by atoms with E-state index in [1.807, 2.05) is 13.0 Å². The van der Waals surface area contributed by atoms with E-state index in [4.69, 9.17) is 10.2 Å². The third kappa shape index (κ3) is 9.32. The maximum atomic E-state index is 10.2. The first-order chi connectivity index (χ1) is 18.3. The molecule has 7 nitrogen and oxygen atoms in total. The summed E-state index contributed by atoms with van der Waals surface area (Å²) in [6.45, 7) is 5.40. The molecule has 8 heteroatoms. The topological polar surface area (TPSA) is 118 Å². The molecule has 0 spiro atoms. The molecule has 4 aromatic carbocycles. The molecule has 5 rings (SSSR count). The molecule has 0 aliphatic carbocycles. The molecule has 0 bridgehead atoms. The summed E-state index contributed by atoms with van der Waals surface area (Å²) < 4.78 is 0. The van der Waals surface area contributed by atoms with Crippen LogP contribution in [-0.4, -0.2) is 56.9 Å². The van der Waals surface area contributed by atoms with Crippen molar-refractivity contribution in [3.05, 3.63) is 107 Å². The first kappa shape index (κ1) is 31.1. The van der Waals surface area contributed by atoms with E-state index in [0.29, 0.717) is 11.1 Å². The predicted molar refractivity (Wildman–Crippen MR) is 155 cm³/mol. The van der Waals surface area contributed by atoms with Gasteiger partial charge in [0.25, 0.3) is 0 Å². The minimum atomic E-state index is -0.879. The van der Waals surface area contributed by atoms with Crippen molar-refractivity contribution in [3.63, 3.8) is 0 Å². The first-order valence-corrected chi connectivity index (χ1v) is 12.5. The molecule has 4 N–H and O–H groups in total. The number of nitrogens with zero attached hydrogens (tertiary/aromatic N) is 1. The molecule has 4 aromatic rings. The number of phenolic OH excluding ortho intramolecular Hbond substituents is 2. The largest absolute Gasteiger partial charge is 0.504 e. The van der Waals surface area contributed by atoms with Gasteiger partial charge in [0.05, 0.1) is 11.1 Å². The number of fused-ring (bicyclic) bond motifs is 1. The lowest BCUT2D eigenvalue weighted by molar-refractivity contribution is 0.0686. The Morgan fingerprint density at radius 1 is 0.769 bits per heavy atom. The van der Waals surface area contributed by atoms with Crippen LogP contribution in [0.2, 0.25) is 0 Å². The highest BCUT2D eigenvalue weighted by Crippen LogP contribution is 2.35. The van der Waals surface area contributed by atoms with Gasteiger partial charge < -0.3 is 25.3 Å². The number of halogens is 1. The Kier molecular flexibility index (Phi) is 12.3. The smallest absolute Gasteiger partial charge is 0.335 e. The maximum Gasteiger partial charge on any atom is 0.335 e. The molecule has 39 heavy (non-hydrogen) atoms. The summed E-state index contributed by atoms with van der Waals surface area (Å²) in [6, 6.07) is 24.5. The van der Waals surface area contributed by atoms with E-state index >= 15 is 0 Å². The van der Waals surface area contributed by atoms with Crippen LogP contribution in [0.1, 0.15) is 44.7 Å². The number of benzene rings is 4. The van der Waals surface area contributed by atoms with Crippen LogP contribution in [0.25, 0.3) is 10.8 Å². The van der Waals surface area contributed by atoms with Crippen LogP contribution in [0.4, 0.5) is 0 Å². The summed E-state index contributed by atoms with van der Waals surface area (Å²) in [4.78, 5) is 22.9. The van der Waals surface area contributed by atoms with Gasteiger partial charge in [0.1, 0.15) is 0 Å². The number of likely N-dealkylation sites (tertiary alicyclic amines) is 1. The summed E-state index contributed by atoms with van der Waals surface area (Å²) in [5.41, 5.74) is 2.70. The van der Waals surface area contributed by atoms with Gasteiger partial charge >= 0.3 is 11.9 Å². The fourth-order valence-electron chi connectivity index (χ4n) is 4.20. The minimum Gasteiger partial charge on any atom is -0.504 e. The van der Waals surface area contributed by atoms with Gasteiger partial charge in [-0.05, 0) is 85.9 Å². The van der Waals surface area contributed by atoms with Gasteiger partial charge in [0.2, 0.25) is 0 Å². The van der Waals surface area contributed by atoms with Gasteiger partial charge in [-0.1, -0.05) is 54.6 Å². The fraction of sp³-hybridized carbons (Fsp3) is 0.226. The zero-order chi connectivity index (χ0) is 27.5. The molecule has 1 fully saturated rings. The Balaban J connectivity index is 0.000000234. The predicted octanol–water partition coefficient (Wildman–Crippen LogP) is 6.39. The number of phenols is 2. The number of hydrogen-bond donors (Lipinski definition) is 4. The highest BCUT2D eigenvalue weighted by molar-refractivity contribution is 5.90. The highest BCUT2D eigenvalue weighted by Gasteiger charge is 2.12. The van der Waals surface area contributed by atoms with Gasteiger partial charge in [0.15, 0.2) is 11.5 Å². The Bertz CT molecular complexity index is 1310. The highest BCUT2D eigenvalue weighted by atomic mass is 35.5. The van der Waals surface area contributed by atoms with Crippen molar-refractivity contribution in [2.24, 2.45) is 0 Å². The molecule has 206 valence electrons. The molecule has 1 saturated heterocycles. The van der Waals surface area contributed by atoms with Crippen molar-refractivity contribution in [3.8, 4) is 11.5 Å². The standard InChI is InChI=1S/C17H21NO2.2C7H6O2.ClH/c1-12-15-10-13(6-9-18-7-2-3-8-18)4-5-14(15)11-16(19)17(12)20;2*8-7(9)6-4-2-1-3-5-6;/h4-5,10-11,19-20H,2-3,6-9H2,1H3;2*1-5H,(H,8,9);1H. The molecular weight excluding hydrogens is 518 g/mol. The van der Waals surface area contributed by atoms with Crippen LogP contribution in [0.3, 0.4) is 0 Å². The number of carbonyl (C=O) groups is 2. The average molecular weight is 552 g/mol. The van der Waals surface area contributed by atoms with E-state index in [1.54, 1.807) is 66.7 Å². The first-order valence-electron chi connectivity index (χ1n) is 12.5. The molecule has 0 radical (unpaired) electrons. The van der Waals surface area contributed by atoms with Crippen LogP contribution < -0.4 is 0 Å². The van der Waals surface area contributed by atoms with E-state index in [9.17, 15) is 19.8 Å². The second-order valence-electron chi connectivity index (χ2n) is 9.07. The maximum absolute atomic E-state index is 10.2. The third-order valence-corrected chi connectivity index (χ3v) is 6.37. The molecule has 0 aromatic heterocycles. The zero-order valence-corrected chi connectivity index (χ0v) is 22.6. The van der Waals surface area contributed by atoms with Gasteiger partial charge in [-0.3, -0.25) is 0 Å². The normalized spacial score (nSPS) is 12.3. The molecule has 1 heterocycles. The van der Waals surface area contributed by atoms with E-state index in [2.05, 4.69) is 17.0 Å². The van der Waals surface area contributed by atoms with Gasteiger partial charge in [-0.15, -0.1) is 12.4 Å². The number of carboxylic acids is 2. The van der Waals surface area contributed by atoms with Gasteiger partial charge in [-0.2, -0.15) is 0 Å². The quantitative estimate of drug-likeness (QED) is 0.212. The number of hydrogen-bond acceptors (Lipinski definition) is 5. The molecule has 0 atom stereocenters. The van der Waals surface area contributed by atoms with Crippen LogP contribution >= 0.6 is 12.4 Å². The Hall–Kier alpha value is -4.07. The third-order valence-electron chi connectivity index (χ3n) is 6.37. The van der Waals surface area contributed by atoms with Crippen molar-refractivity contribution < 1.29 is 30.0 Å². The van der Waals surface area contributed by atoms with Crippen molar-refractivity contribution in [1.29, 1.82) is 0 Å². The summed E-state index contributed by atoms with van der Waals surface area (Å²) >= 11 is 0. The Labute approximate surface area is 234 Å². The SMILES string of the molecule is Cc1c(O)c(O)cc2ccc(CCN3CCCC3)cc12.Cl.O=C(O)c1ccccc1.O=C(O)c1ccccc1. The lowest BCUT2D eigenvalue weighted by Gasteiger charge is -2.15. The van der Waals surface area contributed by atoms with E-state index in [0.717, 1.165) is 29.3 Å². The number of carboxylic acid groups (broad SMARTS) is 2. The number of aromatic hydroxyl groups is 2. The van der Waals surface area contributed by atoms with Gasteiger partial charge in [-0.25, -0.2) is 9.59 Å². The Morgan fingerprint density at radius 3 is 1.74 bits per heavy atom. The molecule has 1 aliphatic rings. The molecule has 0 unspecified atom stereocenters. The lowest BCUT2D eigenvalue weighted by atomic mass is 10.00. The molecular formula is C31H34ClNO6.